The Balaban J connectivity index is 0.00000162. The summed E-state index contributed by atoms with van der Waals surface area (Å²) in [5, 5.41) is 6.62. The summed E-state index contributed by atoms with van der Waals surface area (Å²) >= 11 is 0. The van der Waals surface area contributed by atoms with Crippen molar-refractivity contribution in [2.75, 3.05) is 5.32 Å². The number of aromatic nitrogens is 2. The van der Waals surface area contributed by atoms with Gasteiger partial charge in [-0.3, -0.25) is 0 Å². The van der Waals surface area contributed by atoms with Gasteiger partial charge in [0.2, 0.25) is 5.89 Å². The lowest BCUT2D eigenvalue weighted by molar-refractivity contribution is 0.376. The third-order valence-corrected chi connectivity index (χ3v) is 2.00. The number of hydrogen-bond donors (Lipinski definition) is 2. The Morgan fingerprint density at radius 2 is 2.11 bits per heavy atom. The molecule has 0 aliphatic carbocycles. The van der Waals surface area contributed by atoms with Gasteiger partial charge >= 0.3 is 0 Å². The van der Waals surface area contributed by atoms with E-state index in [0.29, 0.717) is 17.7 Å². The van der Waals surface area contributed by atoms with Crippen molar-refractivity contribution in [3.63, 3.8) is 0 Å². The molecule has 7 heteroatoms. The van der Waals surface area contributed by atoms with E-state index in [1.165, 1.54) is 0 Å². The fourth-order valence-electron chi connectivity index (χ4n) is 1.27. The quantitative estimate of drug-likeness (QED) is 0.497. The van der Waals surface area contributed by atoms with Gasteiger partial charge in [-0.25, -0.2) is 4.99 Å². The molecule has 6 nitrogen and oxygen atoms in total. The van der Waals surface area contributed by atoms with Crippen LogP contribution in [0.15, 0.2) is 39.8 Å². The predicted molar refractivity (Wildman–Crippen MR) is 79.8 cm³/mol. The van der Waals surface area contributed by atoms with E-state index in [9.17, 15) is 0 Å². The van der Waals surface area contributed by atoms with Gasteiger partial charge in [0.25, 0.3) is 0 Å². The molecule has 0 saturated heterocycles. The normalized spacial score (nSPS) is 10.8. The second-order valence-electron chi connectivity index (χ2n) is 3.43. The van der Waals surface area contributed by atoms with E-state index in [2.05, 4.69) is 20.4 Å². The highest BCUT2D eigenvalue weighted by Gasteiger charge is 2.01. The number of nitrogens with two attached hydrogens (primary N) is 1. The topological polar surface area (TPSA) is 89.3 Å². The van der Waals surface area contributed by atoms with Gasteiger partial charge in [0.05, 0.1) is 0 Å². The Labute approximate surface area is 122 Å². The van der Waals surface area contributed by atoms with Crippen molar-refractivity contribution in [2.45, 2.75) is 13.5 Å². The second-order valence-corrected chi connectivity index (χ2v) is 3.43. The Bertz CT molecular complexity index is 511. The van der Waals surface area contributed by atoms with Gasteiger partial charge in [-0.1, -0.05) is 23.4 Å². The molecule has 0 fully saturated rings. The molecule has 18 heavy (non-hydrogen) atoms. The van der Waals surface area contributed by atoms with Gasteiger partial charge in [0, 0.05) is 5.69 Å². The van der Waals surface area contributed by atoms with Crippen molar-refractivity contribution < 1.29 is 4.52 Å². The standard InChI is InChI=1S/C11H13N5O.HI/c1-8-14-10(17-16-8)7-13-11(12)15-9-5-3-2-4-6-9;/h2-6H,7H2,1H3,(H3,12,13,15);1H. The van der Waals surface area contributed by atoms with Gasteiger partial charge in [-0.15, -0.1) is 24.0 Å². The molecule has 0 bridgehead atoms. The summed E-state index contributed by atoms with van der Waals surface area (Å²) in [5.74, 6) is 1.34. The lowest BCUT2D eigenvalue weighted by Gasteiger charge is -2.03. The molecule has 0 aliphatic heterocycles. The van der Waals surface area contributed by atoms with Crippen LogP contribution < -0.4 is 11.1 Å². The van der Waals surface area contributed by atoms with Crippen LogP contribution in [-0.2, 0) is 6.54 Å². The number of anilines is 1. The van der Waals surface area contributed by atoms with Gasteiger partial charge in [0.1, 0.15) is 6.54 Å². The van der Waals surface area contributed by atoms with Crippen molar-refractivity contribution >= 4 is 35.6 Å². The van der Waals surface area contributed by atoms with Gasteiger partial charge in [-0.05, 0) is 19.1 Å². The smallest absolute Gasteiger partial charge is 0.248 e. The monoisotopic (exact) mass is 359 g/mol. The van der Waals surface area contributed by atoms with Crippen LogP contribution in [0.4, 0.5) is 5.69 Å². The molecule has 0 aliphatic rings. The molecule has 1 heterocycles. The van der Waals surface area contributed by atoms with E-state index in [1.807, 2.05) is 30.3 Å². The first-order valence-electron chi connectivity index (χ1n) is 5.15. The minimum atomic E-state index is 0. The number of rotatable bonds is 3. The number of nitrogens with one attached hydrogen (secondary N) is 1. The van der Waals surface area contributed by atoms with Crippen LogP contribution in [0.3, 0.4) is 0 Å². The molecule has 96 valence electrons. The molecule has 0 saturated carbocycles. The molecule has 0 amide bonds. The Hall–Kier alpha value is -1.64. The van der Waals surface area contributed by atoms with E-state index < -0.39 is 0 Å². The average molecular weight is 359 g/mol. The minimum absolute atomic E-state index is 0. The van der Waals surface area contributed by atoms with Crippen molar-refractivity contribution in [2.24, 2.45) is 10.7 Å². The molecule has 0 spiro atoms. The molecule has 0 atom stereocenters. The predicted octanol–water partition coefficient (Wildman–Crippen LogP) is 1.92. The summed E-state index contributed by atoms with van der Waals surface area (Å²) < 4.78 is 4.91. The number of halogens is 1. The zero-order valence-corrected chi connectivity index (χ0v) is 12.2. The highest BCUT2D eigenvalue weighted by atomic mass is 127. The maximum absolute atomic E-state index is 5.71. The van der Waals surface area contributed by atoms with E-state index in [-0.39, 0.29) is 30.5 Å². The van der Waals surface area contributed by atoms with Crippen LogP contribution in [-0.4, -0.2) is 16.1 Å². The van der Waals surface area contributed by atoms with Crippen LogP contribution >= 0.6 is 24.0 Å². The summed E-state index contributed by atoms with van der Waals surface area (Å²) in [5.41, 5.74) is 6.59. The number of para-hydroxylation sites is 1. The molecule has 1 aromatic carbocycles. The maximum Gasteiger partial charge on any atom is 0.248 e. The first-order valence-corrected chi connectivity index (χ1v) is 5.15. The Morgan fingerprint density at radius 1 is 1.39 bits per heavy atom. The Kier molecular flexibility index (Phi) is 5.56. The Morgan fingerprint density at radius 3 is 2.72 bits per heavy atom. The van der Waals surface area contributed by atoms with Crippen molar-refractivity contribution in [3.8, 4) is 0 Å². The van der Waals surface area contributed by atoms with Crippen LogP contribution in [0.1, 0.15) is 11.7 Å². The summed E-state index contributed by atoms with van der Waals surface area (Å²) in [4.78, 5) is 8.11. The number of benzene rings is 1. The SMILES string of the molecule is Cc1noc(CN=C(N)Nc2ccccc2)n1.I. The fourth-order valence-corrected chi connectivity index (χ4v) is 1.27. The van der Waals surface area contributed by atoms with Crippen LogP contribution in [0.5, 0.6) is 0 Å². The van der Waals surface area contributed by atoms with Crippen molar-refractivity contribution in [1.82, 2.24) is 10.1 Å². The third kappa shape index (κ3) is 4.32. The maximum atomic E-state index is 5.71. The number of guanidine groups is 1. The molecule has 2 rings (SSSR count). The summed E-state index contributed by atoms with van der Waals surface area (Å²) in [6.07, 6.45) is 0. The van der Waals surface area contributed by atoms with Crippen molar-refractivity contribution in [1.29, 1.82) is 0 Å². The van der Waals surface area contributed by atoms with Gasteiger partial charge < -0.3 is 15.6 Å². The number of nitrogens with zero attached hydrogens (tertiary/aromatic N) is 3. The van der Waals surface area contributed by atoms with Crippen LogP contribution in [0, 0.1) is 6.92 Å². The molecule has 0 radical (unpaired) electrons. The number of hydrogen-bond acceptors (Lipinski definition) is 4. The number of aryl methyl sites for hydroxylation is 1. The molecular formula is C11H14IN5O. The van der Waals surface area contributed by atoms with Crippen LogP contribution in [0.25, 0.3) is 0 Å². The lowest BCUT2D eigenvalue weighted by atomic mass is 10.3. The summed E-state index contributed by atoms with van der Waals surface area (Å²) in [6, 6.07) is 9.56. The fraction of sp³-hybridized carbons (Fsp3) is 0.182. The van der Waals surface area contributed by atoms with Crippen LogP contribution in [0.2, 0.25) is 0 Å². The minimum Gasteiger partial charge on any atom is -0.370 e. The average Bonchev–Trinajstić information content (AvgIpc) is 2.74. The zero-order chi connectivity index (χ0) is 12.1. The van der Waals surface area contributed by atoms with E-state index in [1.54, 1.807) is 6.92 Å². The number of aliphatic imine (C=N–C) groups is 1. The van der Waals surface area contributed by atoms with Gasteiger partial charge in [-0.2, -0.15) is 4.98 Å². The van der Waals surface area contributed by atoms with Gasteiger partial charge in [0.15, 0.2) is 11.8 Å². The highest BCUT2D eigenvalue weighted by Crippen LogP contribution is 2.04. The largest absolute Gasteiger partial charge is 0.370 e. The lowest BCUT2D eigenvalue weighted by Crippen LogP contribution is -2.22. The molecule has 3 N–H and O–H groups in total. The highest BCUT2D eigenvalue weighted by molar-refractivity contribution is 14.0. The molecule has 2 aromatic rings. The van der Waals surface area contributed by atoms with E-state index >= 15 is 0 Å². The van der Waals surface area contributed by atoms with E-state index in [0.717, 1.165) is 5.69 Å². The first kappa shape index (κ1) is 14.4. The van der Waals surface area contributed by atoms with E-state index in [4.69, 9.17) is 10.3 Å². The summed E-state index contributed by atoms with van der Waals surface area (Å²) in [7, 11) is 0. The second kappa shape index (κ2) is 6.94. The third-order valence-electron chi connectivity index (χ3n) is 2.00. The zero-order valence-electron chi connectivity index (χ0n) is 9.83. The van der Waals surface area contributed by atoms with Crippen molar-refractivity contribution in [3.05, 3.63) is 42.0 Å². The first-order chi connectivity index (χ1) is 8.24. The molecule has 1 aromatic heterocycles. The molecule has 0 unspecified atom stereocenters. The molecular weight excluding hydrogens is 345 g/mol. The summed E-state index contributed by atoms with van der Waals surface area (Å²) in [6.45, 7) is 2.02.